The Morgan fingerprint density at radius 3 is 2.74 bits per heavy atom. The molecular weight excluding hydrogens is 394 g/mol. The van der Waals surface area contributed by atoms with Crippen LogP contribution in [-0.2, 0) is 11.3 Å². The number of pyridine rings is 2. The molecule has 1 fully saturated rings. The van der Waals surface area contributed by atoms with Crippen molar-refractivity contribution < 1.29 is 14.6 Å². The summed E-state index contributed by atoms with van der Waals surface area (Å²) < 4.78 is 5.24. The van der Waals surface area contributed by atoms with E-state index >= 15 is 0 Å². The standard InChI is InChI=1S/C23H33N5O3/c1-16-7-9-20(29)19(25-16)15-28-12-5-6-17(11-13-28)26-18-8-10-21(24-14-18)27-22(30)31-23(2,3)4/h7-10,14,17,26,29H,5-6,11-13,15H2,1-4H3,(H,24,27,30). The minimum atomic E-state index is -0.549. The van der Waals surface area contributed by atoms with Crippen molar-refractivity contribution in [1.82, 2.24) is 14.9 Å². The number of carbonyl (C=O) groups is 1. The fourth-order valence-electron chi connectivity index (χ4n) is 3.59. The van der Waals surface area contributed by atoms with E-state index in [1.165, 1.54) is 0 Å². The van der Waals surface area contributed by atoms with Gasteiger partial charge in [0.25, 0.3) is 0 Å². The normalized spacial score (nSPS) is 17.6. The first-order chi connectivity index (χ1) is 14.7. The van der Waals surface area contributed by atoms with E-state index in [9.17, 15) is 9.90 Å². The molecule has 2 aromatic heterocycles. The van der Waals surface area contributed by atoms with Crippen molar-refractivity contribution in [3.05, 3.63) is 41.9 Å². The average molecular weight is 428 g/mol. The molecule has 168 valence electrons. The molecule has 0 aromatic carbocycles. The van der Waals surface area contributed by atoms with Crippen LogP contribution < -0.4 is 10.6 Å². The molecule has 0 aliphatic carbocycles. The van der Waals surface area contributed by atoms with E-state index in [-0.39, 0.29) is 5.75 Å². The lowest BCUT2D eigenvalue weighted by Gasteiger charge is -2.21. The SMILES string of the molecule is Cc1ccc(O)c(CN2CCCC(Nc3ccc(NC(=O)OC(C)(C)C)nc3)CC2)n1. The molecule has 0 radical (unpaired) electrons. The Hall–Kier alpha value is -2.87. The van der Waals surface area contributed by atoms with Gasteiger partial charge in [-0.25, -0.2) is 9.78 Å². The van der Waals surface area contributed by atoms with Crippen molar-refractivity contribution in [2.75, 3.05) is 23.7 Å². The quantitative estimate of drug-likeness (QED) is 0.654. The summed E-state index contributed by atoms with van der Waals surface area (Å²) in [6.07, 6.45) is 4.32. The molecule has 0 saturated carbocycles. The van der Waals surface area contributed by atoms with Gasteiger partial charge in [-0.1, -0.05) is 0 Å². The van der Waals surface area contributed by atoms with Gasteiger partial charge in [0.2, 0.25) is 0 Å². The number of aromatic hydroxyl groups is 1. The maximum Gasteiger partial charge on any atom is 0.413 e. The molecule has 3 rings (SSSR count). The van der Waals surface area contributed by atoms with Gasteiger partial charge in [0, 0.05) is 24.8 Å². The zero-order valence-corrected chi connectivity index (χ0v) is 18.8. The highest BCUT2D eigenvalue weighted by Crippen LogP contribution is 2.21. The zero-order chi connectivity index (χ0) is 22.4. The summed E-state index contributed by atoms with van der Waals surface area (Å²) in [7, 11) is 0. The molecule has 3 heterocycles. The summed E-state index contributed by atoms with van der Waals surface area (Å²) in [5.74, 6) is 0.716. The Kier molecular flexibility index (Phi) is 7.33. The second kappa shape index (κ2) is 9.96. The molecule has 1 unspecified atom stereocenters. The van der Waals surface area contributed by atoms with E-state index in [4.69, 9.17) is 4.74 Å². The summed E-state index contributed by atoms with van der Waals surface area (Å²) >= 11 is 0. The number of ether oxygens (including phenoxy) is 1. The molecule has 2 aromatic rings. The van der Waals surface area contributed by atoms with Crippen molar-refractivity contribution in [3.63, 3.8) is 0 Å². The maximum atomic E-state index is 11.9. The number of amides is 1. The number of aromatic nitrogens is 2. The maximum absolute atomic E-state index is 11.9. The third-order valence-corrected chi connectivity index (χ3v) is 5.05. The summed E-state index contributed by atoms with van der Waals surface area (Å²) in [6, 6.07) is 7.56. The highest BCUT2D eigenvalue weighted by Gasteiger charge is 2.19. The number of rotatable bonds is 5. The van der Waals surface area contributed by atoms with Crippen molar-refractivity contribution in [2.45, 2.75) is 65.1 Å². The van der Waals surface area contributed by atoms with Crippen LogP contribution in [0.1, 0.15) is 51.4 Å². The first-order valence-electron chi connectivity index (χ1n) is 10.8. The van der Waals surface area contributed by atoms with Gasteiger partial charge in [-0.15, -0.1) is 0 Å². The van der Waals surface area contributed by atoms with E-state index in [1.54, 1.807) is 18.3 Å². The fraction of sp³-hybridized carbons (Fsp3) is 0.522. The molecule has 0 bridgehead atoms. The number of hydrogen-bond acceptors (Lipinski definition) is 7. The van der Waals surface area contributed by atoms with Gasteiger partial charge in [0.05, 0.1) is 17.6 Å². The zero-order valence-electron chi connectivity index (χ0n) is 18.8. The Labute approximate surface area is 184 Å². The van der Waals surface area contributed by atoms with Gasteiger partial charge in [-0.05, 0) is 77.8 Å². The Bertz CT molecular complexity index is 880. The van der Waals surface area contributed by atoms with Crippen LogP contribution in [-0.4, -0.2) is 50.8 Å². The van der Waals surface area contributed by atoms with Gasteiger partial charge in [0.1, 0.15) is 17.2 Å². The minimum Gasteiger partial charge on any atom is -0.506 e. The van der Waals surface area contributed by atoms with E-state index in [1.807, 2.05) is 39.8 Å². The van der Waals surface area contributed by atoms with Crippen LogP contribution in [0.5, 0.6) is 5.75 Å². The first kappa shape index (κ1) is 22.8. The molecule has 1 amide bonds. The second-order valence-electron chi connectivity index (χ2n) is 9.03. The highest BCUT2D eigenvalue weighted by molar-refractivity contribution is 5.83. The van der Waals surface area contributed by atoms with Crippen LogP contribution in [0.4, 0.5) is 16.3 Å². The lowest BCUT2D eigenvalue weighted by atomic mass is 10.1. The van der Waals surface area contributed by atoms with Crippen LogP contribution in [0.2, 0.25) is 0 Å². The van der Waals surface area contributed by atoms with E-state index in [2.05, 4.69) is 25.5 Å². The molecule has 3 N–H and O–H groups in total. The molecule has 8 nitrogen and oxygen atoms in total. The molecule has 8 heteroatoms. The smallest absolute Gasteiger partial charge is 0.413 e. The molecule has 1 atom stereocenters. The number of carbonyl (C=O) groups excluding carboxylic acids is 1. The van der Waals surface area contributed by atoms with Gasteiger partial charge in [0.15, 0.2) is 0 Å². The summed E-state index contributed by atoms with van der Waals surface area (Å²) in [6.45, 7) is 9.96. The van der Waals surface area contributed by atoms with Gasteiger partial charge < -0.3 is 15.2 Å². The van der Waals surface area contributed by atoms with Gasteiger partial charge in [-0.3, -0.25) is 15.2 Å². The van der Waals surface area contributed by atoms with Crippen LogP contribution in [0.15, 0.2) is 30.5 Å². The Balaban J connectivity index is 1.49. The number of anilines is 2. The van der Waals surface area contributed by atoms with Crippen molar-refractivity contribution in [3.8, 4) is 5.75 Å². The summed E-state index contributed by atoms with van der Waals surface area (Å²) in [5.41, 5.74) is 2.03. The third kappa shape index (κ3) is 7.40. The monoisotopic (exact) mass is 427 g/mol. The van der Waals surface area contributed by atoms with Crippen molar-refractivity contribution in [1.29, 1.82) is 0 Å². The predicted octanol–water partition coefficient (Wildman–Crippen LogP) is 4.30. The van der Waals surface area contributed by atoms with Gasteiger partial charge >= 0.3 is 6.09 Å². The number of hydrogen-bond donors (Lipinski definition) is 3. The highest BCUT2D eigenvalue weighted by atomic mass is 16.6. The molecular formula is C23H33N5O3. The van der Waals surface area contributed by atoms with E-state index < -0.39 is 11.7 Å². The average Bonchev–Trinajstić information content (AvgIpc) is 2.90. The predicted molar refractivity (Wildman–Crippen MR) is 121 cm³/mol. The molecule has 31 heavy (non-hydrogen) atoms. The van der Waals surface area contributed by atoms with Crippen LogP contribution >= 0.6 is 0 Å². The minimum absolute atomic E-state index is 0.260. The second-order valence-corrected chi connectivity index (χ2v) is 9.03. The lowest BCUT2D eigenvalue weighted by molar-refractivity contribution is 0.0635. The van der Waals surface area contributed by atoms with Crippen molar-refractivity contribution >= 4 is 17.6 Å². The Morgan fingerprint density at radius 2 is 2.03 bits per heavy atom. The number of aryl methyl sites for hydroxylation is 1. The number of nitrogens with one attached hydrogen (secondary N) is 2. The fourth-order valence-corrected chi connectivity index (χ4v) is 3.59. The summed E-state index contributed by atoms with van der Waals surface area (Å²) in [5, 5.41) is 16.3. The Morgan fingerprint density at radius 1 is 1.23 bits per heavy atom. The summed E-state index contributed by atoms with van der Waals surface area (Å²) in [4.78, 5) is 23.0. The van der Waals surface area contributed by atoms with Crippen molar-refractivity contribution in [2.24, 2.45) is 0 Å². The van der Waals surface area contributed by atoms with Crippen LogP contribution in [0, 0.1) is 6.92 Å². The topological polar surface area (TPSA) is 99.6 Å². The third-order valence-electron chi connectivity index (χ3n) is 5.05. The van der Waals surface area contributed by atoms with Crippen LogP contribution in [0.3, 0.4) is 0 Å². The van der Waals surface area contributed by atoms with E-state index in [0.717, 1.165) is 49.4 Å². The molecule has 1 aliphatic heterocycles. The lowest BCUT2D eigenvalue weighted by Crippen LogP contribution is -2.27. The van der Waals surface area contributed by atoms with Crippen LogP contribution in [0.25, 0.3) is 0 Å². The molecule has 1 aliphatic rings. The molecule has 0 spiro atoms. The number of nitrogens with zero attached hydrogens (tertiary/aromatic N) is 3. The van der Waals surface area contributed by atoms with E-state index in [0.29, 0.717) is 18.4 Å². The number of likely N-dealkylation sites (tertiary alicyclic amines) is 1. The largest absolute Gasteiger partial charge is 0.506 e. The van der Waals surface area contributed by atoms with Gasteiger partial charge in [-0.2, -0.15) is 0 Å². The first-order valence-corrected chi connectivity index (χ1v) is 10.8. The molecule has 1 saturated heterocycles.